The van der Waals surface area contributed by atoms with Crippen molar-refractivity contribution < 1.29 is 4.79 Å². The molecule has 1 aliphatic carbocycles. The number of hydrogen-bond donors (Lipinski definition) is 2. The van der Waals surface area contributed by atoms with E-state index in [4.69, 9.17) is 0 Å². The van der Waals surface area contributed by atoms with Crippen molar-refractivity contribution in [2.45, 2.75) is 44.6 Å². The predicted octanol–water partition coefficient (Wildman–Crippen LogP) is 3.80. The Morgan fingerprint density at radius 1 is 1.12 bits per heavy atom. The standard InChI is InChI=1S/C20H25N3O/c24-20(23-18-10-4-5-11-18)17-13-19(15-21-14-17)22-12-6-9-16-7-2-1-3-8-16/h1-3,7-8,13-15,18,22H,4-6,9-12H2,(H,23,24). The van der Waals surface area contributed by atoms with Gasteiger partial charge in [0.2, 0.25) is 0 Å². The maximum absolute atomic E-state index is 12.3. The number of amides is 1. The van der Waals surface area contributed by atoms with Gasteiger partial charge in [-0.2, -0.15) is 0 Å². The molecule has 2 N–H and O–H groups in total. The highest BCUT2D eigenvalue weighted by Gasteiger charge is 2.18. The lowest BCUT2D eigenvalue weighted by Crippen LogP contribution is -2.32. The van der Waals surface area contributed by atoms with Crippen LogP contribution in [-0.2, 0) is 6.42 Å². The van der Waals surface area contributed by atoms with Crippen LogP contribution in [0.3, 0.4) is 0 Å². The quantitative estimate of drug-likeness (QED) is 0.762. The first-order valence-corrected chi connectivity index (χ1v) is 8.85. The van der Waals surface area contributed by atoms with Crippen LogP contribution < -0.4 is 10.6 Å². The minimum absolute atomic E-state index is 0.0117. The minimum atomic E-state index is -0.0117. The number of rotatable bonds is 7. The molecule has 1 heterocycles. The second kappa shape index (κ2) is 8.48. The van der Waals surface area contributed by atoms with Gasteiger partial charge < -0.3 is 10.6 Å². The molecule has 24 heavy (non-hydrogen) atoms. The van der Waals surface area contributed by atoms with Crippen molar-refractivity contribution in [1.82, 2.24) is 10.3 Å². The molecule has 0 radical (unpaired) electrons. The van der Waals surface area contributed by atoms with Crippen LogP contribution in [0.25, 0.3) is 0 Å². The Kier molecular flexibility index (Phi) is 5.83. The molecule has 2 aromatic rings. The van der Waals surface area contributed by atoms with E-state index in [0.717, 1.165) is 37.9 Å². The first-order chi connectivity index (χ1) is 11.8. The predicted molar refractivity (Wildman–Crippen MR) is 97.2 cm³/mol. The molecule has 1 aromatic carbocycles. The topological polar surface area (TPSA) is 54.0 Å². The van der Waals surface area contributed by atoms with E-state index in [2.05, 4.69) is 39.9 Å². The fourth-order valence-electron chi connectivity index (χ4n) is 3.17. The van der Waals surface area contributed by atoms with Crippen LogP contribution in [0.4, 0.5) is 5.69 Å². The molecule has 4 heteroatoms. The van der Waals surface area contributed by atoms with E-state index < -0.39 is 0 Å². The third-order valence-electron chi connectivity index (χ3n) is 4.51. The SMILES string of the molecule is O=C(NC1CCCC1)c1cncc(NCCCc2ccccc2)c1. The van der Waals surface area contributed by atoms with Gasteiger partial charge in [-0.1, -0.05) is 43.2 Å². The van der Waals surface area contributed by atoms with Gasteiger partial charge in [-0.25, -0.2) is 0 Å². The summed E-state index contributed by atoms with van der Waals surface area (Å²) < 4.78 is 0. The van der Waals surface area contributed by atoms with Gasteiger partial charge in [0.25, 0.3) is 5.91 Å². The van der Waals surface area contributed by atoms with Crippen molar-refractivity contribution in [3.05, 3.63) is 59.9 Å². The highest BCUT2D eigenvalue weighted by atomic mass is 16.1. The van der Waals surface area contributed by atoms with E-state index in [9.17, 15) is 4.79 Å². The van der Waals surface area contributed by atoms with Crippen molar-refractivity contribution >= 4 is 11.6 Å². The lowest BCUT2D eigenvalue weighted by Gasteiger charge is -2.12. The molecule has 3 rings (SSSR count). The number of nitrogens with zero attached hydrogens (tertiary/aromatic N) is 1. The van der Waals surface area contributed by atoms with E-state index in [1.165, 1.54) is 18.4 Å². The van der Waals surface area contributed by atoms with Crippen molar-refractivity contribution in [1.29, 1.82) is 0 Å². The maximum Gasteiger partial charge on any atom is 0.253 e. The second-order valence-corrected chi connectivity index (χ2v) is 6.43. The summed E-state index contributed by atoms with van der Waals surface area (Å²) in [6.45, 7) is 0.865. The van der Waals surface area contributed by atoms with Crippen LogP contribution in [-0.4, -0.2) is 23.5 Å². The molecule has 1 amide bonds. The zero-order chi connectivity index (χ0) is 16.6. The molecular formula is C20H25N3O. The first-order valence-electron chi connectivity index (χ1n) is 8.85. The van der Waals surface area contributed by atoms with E-state index in [0.29, 0.717) is 11.6 Å². The summed E-state index contributed by atoms with van der Waals surface area (Å²) in [5, 5.41) is 6.47. The molecule has 4 nitrogen and oxygen atoms in total. The summed E-state index contributed by atoms with van der Waals surface area (Å²) in [6.07, 6.45) is 10.1. The van der Waals surface area contributed by atoms with Crippen LogP contribution in [0.1, 0.15) is 48.0 Å². The second-order valence-electron chi connectivity index (χ2n) is 6.43. The van der Waals surface area contributed by atoms with Crippen LogP contribution in [0.15, 0.2) is 48.8 Å². The molecule has 0 aliphatic heterocycles. The van der Waals surface area contributed by atoms with E-state index in [1.54, 1.807) is 12.4 Å². The van der Waals surface area contributed by atoms with Crippen molar-refractivity contribution in [2.75, 3.05) is 11.9 Å². The summed E-state index contributed by atoms with van der Waals surface area (Å²) >= 11 is 0. The van der Waals surface area contributed by atoms with Gasteiger partial charge in [-0.15, -0.1) is 0 Å². The summed E-state index contributed by atoms with van der Waals surface area (Å²) in [5.74, 6) is -0.0117. The Morgan fingerprint density at radius 3 is 2.71 bits per heavy atom. The zero-order valence-corrected chi connectivity index (χ0v) is 14.0. The molecule has 0 saturated heterocycles. The van der Waals surface area contributed by atoms with Gasteiger partial charge in [0.05, 0.1) is 11.3 Å². The van der Waals surface area contributed by atoms with Gasteiger partial charge >= 0.3 is 0 Å². The Balaban J connectivity index is 1.46. The van der Waals surface area contributed by atoms with Gasteiger partial charge in [-0.05, 0) is 37.3 Å². The van der Waals surface area contributed by atoms with E-state index in [-0.39, 0.29) is 5.91 Å². The van der Waals surface area contributed by atoms with Gasteiger partial charge in [0.1, 0.15) is 0 Å². The fraction of sp³-hybridized carbons (Fsp3) is 0.400. The largest absolute Gasteiger partial charge is 0.384 e. The van der Waals surface area contributed by atoms with E-state index >= 15 is 0 Å². The van der Waals surface area contributed by atoms with Crippen molar-refractivity contribution in [3.8, 4) is 0 Å². The number of pyridine rings is 1. The van der Waals surface area contributed by atoms with Crippen molar-refractivity contribution in [2.24, 2.45) is 0 Å². The van der Waals surface area contributed by atoms with Crippen LogP contribution in [0.2, 0.25) is 0 Å². The molecule has 1 aliphatic rings. The molecule has 0 bridgehead atoms. The summed E-state index contributed by atoms with van der Waals surface area (Å²) in [7, 11) is 0. The number of nitrogens with one attached hydrogen (secondary N) is 2. The van der Waals surface area contributed by atoms with Gasteiger partial charge in [0, 0.05) is 25.0 Å². The Hall–Kier alpha value is -2.36. The number of benzene rings is 1. The Labute approximate surface area is 143 Å². The maximum atomic E-state index is 12.3. The Morgan fingerprint density at radius 2 is 1.92 bits per heavy atom. The fourth-order valence-corrected chi connectivity index (χ4v) is 3.17. The Bertz CT molecular complexity index is 651. The lowest BCUT2D eigenvalue weighted by atomic mass is 10.1. The number of aryl methyl sites for hydroxylation is 1. The average molecular weight is 323 g/mol. The van der Waals surface area contributed by atoms with Gasteiger partial charge in [0.15, 0.2) is 0 Å². The third-order valence-corrected chi connectivity index (χ3v) is 4.51. The molecular weight excluding hydrogens is 298 g/mol. The zero-order valence-electron chi connectivity index (χ0n) is 14.0. The first kappa shape index (κ1) is 16.5. The number of carbonyl (C=O) groups excluding carboxylic acids is 1. The van der Waals surface area contributed by atoms with Crippen molar-refractivity contribution in [3.63, 3.8) is 0 Å². The van der Waals surface area contributed by atoms with Gasteiger partial charge in [-0.3, -0.25) is 9.78 Å². The number of aromatic nitrogens is 1. The molecule has 1 fully saturated rings. The minimum Gasteiger partial charge on any atom is -0.384 e. The smallest absolute Gasteiger partial charge is 0.253 e. The molecule has 0 atom stereocenters. The molecule has 0 unspecified atom stereocenters. The summed E-state index contributed by atoms with van der Waals surface area (Å²) in [4.78, 5) is 16.5. The van der Waals surface area contributed by atoms with E-state index in [1.807, 2.05) is 12.1 Å². The third kappa shape index (κ3) is 4.82. The molecule has 1 saturated carbocycles. The number of carbonyl (C=O) groups is 1. The normalized spacial score (nSPS) is 14.5. The summed E-state index contributed by atoms with van der Waals surface area (Å²) in [5.41, 5.74) is 2.89. The molecule has 126 valence electrons. The molecule has 1 aromatic heterocycles. The number of hydrogen-bond acceptors (Lipinski definition) is 3. The highest BCUT2D eigenvalue weighted by Crippen LogP contribution is 2.18. The highest BCUT2D eigenvalue weighted by molar-refractivity contribution is 5.94. The van der Waals surface area contributed by atoms with Crippen LogP contribution in [0.5, 0.6) is 0 Å². The average Bonchev–Trinajstić information content (AvgIpc) is 3.13. The van der Waals surface area contributed by atoms with Crippen LogP contribution in [0, 0.1) is 0 Å². The monoisotopic (exact) mass is 323 g/mol. The van der Waals surface area contributed by atoms with Crippen LogP contribution >= 0.6 is 0 Å². The number of anilines is 1. The summed E-state index contributed by atoms with van der Waals surface area (Å²) in [6, 6.07) is 12.7. The molecule has 0 spiro atoms. The lowest BCUT2D eigenvalue weighted by molar-refractivity contribution is 0.0937.